The van der Waals surface area contributed by atoms with Crippen molar-refractivity contribution in [3.05, 3.63) is 70.5 Å². The van der Waals surface area contributed by atoms with Gasteiger partial charge in [0.1, 0.15) is 5.82 Å². The molecule has 31 heavy (non-hydrogen) atoms. The number of rotatable bonds is 5. The van der Waals surface area contributed by atoms with Crippen molar-refractivity contribution in [3.8, 4) is 0 Å². The first kappa shape index (κ1) is 23.7. The Labute approximate surface area is 177 Å². The third-order valence-corrected chi connectivity index (χ3v) is 6.74. The normalized spacial score (nSPS) is 21.1. The van der Waals surface area contributed by atoms with E-state index in [1.54, 1.807) is 12.1 Å². The Morgan fingerprint density at radius 2 is 1.52 bits per heavy atom. The van der Waals surface area contributed by atoms with Crippen LogP contribution in [0.25, 0.3) is 0 Å². The number of piperidine rings is 1. The summed E-state index contributed by atoms with van der Waals surface area (Å²) in [5, 5.41) is 3.17. The monoisotopic (exact) mass is 467 g/mol. The minimum atomic E-state index is -4.95. The highest BCUT2D eigenvalue weighted by atomic mass is 32.2. The molecule has 0 aromatic heterocycles. The van der Waals surface area contributed by atoms with E-state index in [4.69, 9.17) is 0 Å². The van der Waals surface area contributed by atoms with Crippen molar-refractivity contribution in [1.29, 1.82) is 0 Å². The van der Waals surface area contributed by atoms with Crippen LogP contribution in [0.2, 0.25) is 0 Å². The van der Waals surface area contributed by atoms with Crippen LogP contribution in [0.3, 0.4) is 0 Å². The number of hydrogen-bond donors (Lipinski definition) is 1. The van der Waals surface area contributed by atoms with Crippen molar-refractivity contribution in [1.82, 2.24) is 5.32 Å². The number of nitrogens with one attached hydrogen (secondary N) is 1. The summed E-state index contributed by atoms with van der Waals surface area (Å²) in [7, 11) is -1.69. The van der Waals surface area contributed by atoms with Crippen molar-refractivity contribution in [2.45, 2.75) is 30.4 Å². The van der Waals surface area contributed by atoms with E-state index < -0.39 is 40.0 Å². The average molecular weight is 467 g/mol. The van der Waals surface area contributed by atoms with E-state index in [0.717, 1.165) is 5.56 Å². The fourth-order valence-corrected chi connectivity index (χ4v) is 5.32. The zero-order valence-electron chi connectivity index (χ0n) is 16.2. The van der Waals surface area contributed by atoms with Crippen molar-refractivity contribution in [2.75, 3.05) is 18.8 Å². The van der Waals surface area contributed by atoms with Crippen LogP contribution in [-0.2, 0) is 28.9 Å². The molecule has 2 nitrogen and oxygen atoms in total. The SMILES string of the molecule is O=S(Cc1cc(C(F)(F)F)cc(C(F)(F)F)c1)C[C@@H]1CNCC[C@H]1c1ccc(F)cc1. The fourth-order valence-electron chi connectivity index (χ4n) is 3.83. The second-order valence-corrected chi connectivity index (χ2v) is 9.08. The minimum Gasteiger partial charge on any atom is -0.316 e. The van der Waals surface area contributed by atoms with E-state index in [-0.39, 0.29) is 35.0 Å². The maximum Gasteiger partial charge on any atom is 0.416 e. The lowest BCUT2D eigenvalue weighted by molar-refractivity contribution is -0.143. The topological polar surface area (TPSA) is 29.1 Å². The third-order valence-electron chi connectivity index (χ3n) is 5.28. The van der Waals surface area contributed by atoms with Gasteiger partial charge in [-0.3, -0.25) is 4.21 Å². The van der Waals surface area contributed by atoms with Gasteiger partial charge in [0.15, 0.2) is 0 Å². The third kappa shape index (κ3) is 6.29. The molecule has 1 aliphatic rings. The van der Waals surface area contributed by atoms with Gasteiger partial charge in [0.25, 0.3) is 0 Å². The van der Waals surface area contributed by atoms with E-state index in [1.807, 2.05) is 0 Å². The number of alkyl halides is 6. The van der Waals surface area contributed by atoms with Crippen molar-refractivity contribution < 1.29 is 34.9 Å². The second kappa shape index (κ2) is 9.28. The van der Waals surface area contributed by atoms with Crippen LogP contribution in [-0.4, -0.2) is 23.1 Å². The highest BCUT2D eigenvalue weighted by Crippen LogP contribution is 2.37. The predicted octanol–water partition coefficient (Wildman–Crippen LogP) is 5.51. The molecular weight excluding hydrogens is 447 g/mol. The average Bonchev–Trinajstić information content (AvgIpc) is 2.67. The van der Waals surface area contributed by atoms with Crippen LogP contribution in [0.1, 0.15) is 34.6 Å². The van der Waals surface area contributed by atoms with Crippen LogP contribution >= 0.6 is 0 Å². The molecule has 0 aliphatic carbocycles. The zero-order chi connectivity index (χ0) is 22.8. The summed E-state index contributed by atoms with van der Waals surface area (Å²) in [4.78, 5) is 0. The van der Waals surface area contributed by atoms with Gasteiger partial charge in [-0.2, -0.15) is 26.3 Å². The molecule has 1 N–H and O–H groups in total. The molecule has 1 fully saturated rings. The van der Waals surface area contributed by atoms with Gasteiger partial charge < -0.3 is 5.32 Å². The first-order valence-corrected chi connectivity index (χ1v) is 11.0. The van der Waals surface area contributed by atoms with Crippen LogP contribution in [0.5, 0.6) is 0 Å². The molecule has 2 aromatic carbocycles. The summed E-state index contributed by atoms with van der Waals surface area (Å²) in [5.41, 5.74) is -2.25. The Morgan fingerprint density at radius 1 is 0.935 bits per heavy atom. The van der Waals surface area contributed by atoms with E-state index >= 15 is 0 Å². The van der Waals surface area contributed by atoms with Crippen LogP contribution < -0.4 is 5.32 Å². The molecule has 0 saturated carbocycles. The molecule has 3 atom stereocenters. The largest absolute Gasteiger partial charge is 0.416 e. The number of hydrogen-bond acceptors (Lipinski definition) is 2. The van der Waals surface area contributed by atoms with Crippen molar-refractivity contribution in [2.24, 2.45) is 5.92 Å². The van der Waals surface area contributed by atoms with E-state index in [0.29, 0.717) is 31.6 Å². The molecule has 170 valence electrons. The van der Waals surface area contributed by atoms with Crippen LogP contribution in [0, 0.1) is 11.7 Å². The minimum absolute atomic E-state index is 0.0296. The molecule has 1 aliphatic heterocycles. The van der Waals surface area contributed by atoms with Gasteiger partial charge in [0, 0.05) is 22.3 Å². The molecule has 1 heterocycles. The van der Waals surface area contributed by atoms with Gasteiger partial charge >= 0.3 is 12.4 Å². The van der Waals surface area contributed by atoms with Crippen LogP contribution in [0.4, 0.5) is 30.7 Å². The first-order chi connectivity index (χ1) is 14.4. The van der Waals surface area contributed by atoms with Gasteiger partial charge in [-0.05, 0) is 72.8 Å². The molecule has 0 spiro atoms. The predicted molar refractivity (Wildman–Crippen MR) is 103 cm³/mol. The number of benzene rings is 2. The molecular formula is C21H20F7NOS. The Balaban J connectivity index is 1.78. The van der Waals surface area contributed by atoms with E-state index in [2.05, 4.69) is 5.32 Å². The quantitative estimate of drug-likeness (QED) is 0.588. The fraction of sp³-hybridized carbons (Fsp3) is 0.429. The molecule has 3 rings (SSSR count). The standard InChI is InChI=1S/C21H20F7NOS/c22-18-3-1-14(2-4-18)19-5-6-29-10-15(19)12-31(30)11-13-7-16(20(23,24)25)9-17(8-13)21(26,27)28/h1-4,7-9,15,19,29H,5-6,10-12H2/t15-,19-,31?/m0/s1. The molecule has 2 aromatic rings. The van der Waals surface area contributed by atoms with Gasteiger partial charge in [0.05, 0.1) is 11.1 Å². The summed E-state index contributed by atoms with van der Waals surface area (Å²) in [5.74, 6) is -0.875. The lowest BCUT2D eigenvalue weighted by Crippen LogP contribution is -2.38. The Morgan fingerprint density at radius 3 is 2.06 bits per heavy atom. The highest BCUT2D eigenvalue weighted by Gasteiger charge is 2.37. The first-order valence-electron chi connectivity index (χ1n) is 9.53. The van der Waals surface area contributed by atoms with Crippen LogP contribution in [0.15, 0.2) is 42.5 Å². The maximum absolute atomic E-state index is 13.2. The lowest BCUT2D eigenvalue weighted by Gasteiger charge is -2.32. The smallest absolute Gasteiger partial charge is 0.316 e. The number of halogens is 7. The molecule has 0 amide bonds. The molecule has 0 radical (unpaired) electrons. The van der Waals surface area contributed by atoms with E-state index in [9.17, 15) is 34.9 Å². The van der Waals surface area contributed by atoms with Gasteiger partial charge in [0.2, 0.25) is 0 Å². The van der Waals surface area contributed by atoms with Gasteiger partial charge in [-0.1, -0.05) is 12.1 Å². The van der Waals surface area contributed by atoms with Crippen molar-refractivity contribution in [3.63, 3.8) is 0 Å². The van der Waals surface area contributed by atoms with E-state index in [1.165, 1.54) is 12.1 Å². The summed E-state index contributed by atoms with van der Waals surface area (Å²) in [6, 6.07) is 7.22. The maximum atomic E-state index is 13.2. The Bertz CT molecular complexity index is 893. The second-order valence-electron chi connectivity index (χ2n) is 7.58. The van der Waals surface area contributed by atoms with Gasteiger partial charge in [-0.25, -0.2) is 4.39 Å². The molecule has 1 unspecified atom stereocenters. The molecule has 1 saturated heterocycles. The van der Waals surface area contributed by atoms with Gasteiger partial charge in [-0.15, -0.1) is 0 Å². The van der Waals surface area contributed by atoms with Crippen molar-refractivity contribution >= 4 is 10.8 Å². The molecule has 0 bridgehead atoms. The highest BCUT2D eigenvalue weighted by molar-refractivity contribution is 7.84. The summed E-state index contributed by atoms with van der Waals surface area (Å²) in [6.45, 7) is 1.21. The summed E-state index contributed by atoms with van der Waals surface area (Å²) >= 11 is 0. The molecule has 10 heteroatoms. The Kier molecular flexibility index (Phi) is 7.10. The summed E-state index contributed by atoms with van der Waals surface area (Å²) in [6.07, 6.45) is -9.19. The zero-order valence-corrected chi connectivity index (χ0v) is 17.0. The summed E-state index contributed by atoms with van der Waals surface area (Å²) < 4.78 is 104. The Hall–Kier alpha value is -1.94. The lowest BCUT2D eigenvalue weighted by atomic mass is 9.82.